The number of carbonyl (C=O) groups excluding carboxylic acids is 1. The number of hydrogen-bond donors (Lipinski definition) is 0. The molecule has 0 bridgehead atoms. The third-order valence-corrected chi connectivity index (χ3v) is 5.67. The summed E-state index contributed by atoms with van der Waals surface area (Å²) in [5, 5.41) is 0. The van der Waals surface area contributed by atoms with Gasteiger partial charge in [-0.1, -0.05) is 19.1 Å². The fraction of sp³-hybridized carbons (Fsp3) is 0.346. The largest absolute Gasteiger partial charge is 0.489 e. The zero-order chi connectivity index (χ0) is 27.3. The van der Waals surface area contributed by atoms with Crippen molar-refractivity contribution in [2.24, 2.45) is 0 Å². The quantitative estimate of drug-likeness (QED) is 0.395. The van der Waals surface area contributed by atoms with Crippen LogP contribution in [0.4, 0.5) is 13.2 Å². The third-order valence-electron chi connectivity index (χ3n) is 5.67. The van der Waals surface area contributed by atoms with Crippen LogP contribution < -0.4 is 20.7 Å². The van der Waals surface area contributed by atoms with Crippen LogP contribution in [0.5, 0.6) is 11.5 Å². The topological polar surface area (TPSA) is 88.8 Å². The predicted molar refractivity (Wildman–Crippen MR) is 129 cm³/mol. The molecule has 2 aromatic carbocycles. The highest BCUT2D eigenvalue weighted by atomic mass is 19.4. The van der Waals surface area contributed by atoms with Gasteiger partial charge in [0.1, 0.15) is 23.8 Å². The van der Waals surface area contributed by atoms with Gasteiger partial charge in [-0.15, -0.1) is 0 Å². The van der Waals surface area contributed by atoms with Gasteiger partial charge in [0.25, 0.3) is 5.56 Å². The molecule has 0 saturated heterocycles. The smallest absolute Gasteiger partial charge is 0.431 e. The Hall–Kier alpha value is -4.02. The van der Waals surface area contributed by atoms with E-state index in [1.165, 1.54) is 38.3 Å². The van der Waals surface area contributed by atoms with E-state index in [2.05, 4.69) is 0 Å². The van der Waals surface area contributed by atoms with Crippen LogP contribution in [0.15, 0.2) is 58.1 Å². The van der Waals surface area contributed by atoms with Gasteiger partial charge in [-0.05, 0) is 56.2 Å². The molecular weight excluding hydrogens is 493 g/mol. The number of rotatable bonds is 9. The Kier molecular flexibility index (Phi) is 8.46. The van der Waals surface area contributed by atoms with Gasteiger partial charge in [0, 0.05) is 18.2 Å². The van der Waals surface area contributed by atoms with E-state index in [-0.39, 0.29) is 18.8 Å². The minimum Gasteiger partial charge on any atom is -0.489 e. The van der Waals surface area contributed by atoms with Gasteiger partial charge in [0.05, 0.1) is 12.8 Å². The van der Waals surface area contributed by atoms with Crippen molar-refractivity contribution in [1.82, 2.24) is 9.13 Å². The zero-order valence-electron chi connectivity index (χ0n) is 20.8. The maximum atomic E-state index is 13.2. The van der Waals surface area contributed by atoms with Crippen LogP contribution in [-0.2, 0) is 35.3 Å². The number of esters is 1. The van der Waals surface area contributed by atoms with Gasteiger partial charge in [-0.25, -0.2) is 14.2 Å². The van der Waals surface area contributed by atoms with Crippen molar-refractivity contribution in [3.05, 3.63) is 86.2 Å². The molecule has 0 unspecified atom stereocenters. The lowest BCUT2D eigenvalue weighted by atomic mass is 10.1. The number of halogens is 3. The van der Waals surface area contributed by atoms with Crippen LogP contribution in [-0.4, -0.2) is 28.3 Å². The number of benzene rings is 2. The molecule has 11 heteroatoms. The van der Waals surface area contributed by atoms with Crippen molar-refractivity contribution in [2.75, 3.05) is 7.11 Å². The standard InChI is InChI=1S/C26H27F3N2O6/c1-5-17-7-8-18(21(13-17)37-16(3)24(33)35-4)15-36-20-11-9-19(10-12-20)31-23(32)14-22(26(27,28)29)30(6-2)25(31)34/h7-14,16H,5-6,15H2,1-4H3/t16-/m0/s1. The van der Waals surface area contributed by atoms with Crippen molar-refractivity contribution in [1.29, 1.82) is 0 Å². The lowest BCUT2D eigenvalue weighted by molar-refractivity contribution is -0.148. The lowest BCUT2D eigenvalue weighted by Gasteiger charge is -2.17. The summed E-state index contributed by atoms with van der Waals surface area (Å²) in [4.78, 5) is 36.9. The molecule has 37 heavy (non-hydrogen) atoms. The van der Waals surface area contributed by atoms with Gasteiger partial charge >= 0.3 is 17.8 Å². The molecule has 0 aliphatic rings. The minimum atomic E-state index is -4.84. The van der Waals surface area contributed by atoms with Gasteiger partial charge in [-0.3, -0.25) is 9.36 Å². The molecule has 1 atom stereocenters. The van der Waals surface area contributed by atoms with Crippen LogP contribution >= 0.6 is 0 Å². The molecular formula is C26H27F3N2O6. The monoisotopic (exact) mass is 520 g/mol. The van der Waals surface area contributed by atoms with E-state index in [1.54, 1.807) is 6.92 Å². The van der Waals surface area contributed by atoms with Crippen LogP contribution in [0.2, 0.25) is 0 Å². The average molecular weight is 521 g/mol. The van der Waals surface area contributed by atoms with Crippen molar-refractivity contribution in [3.63, 3.8) is 0 Å². The molecule has 3 aromatic rings. The van der Waals surface area contributed by atoms with Crippen molar-refractivity contribution < 1.29 is 32.2 Å². The van der Waals surface area contributed by atoms with Crippen LogP contribution in [0, 0.1) is 0 Å². The molecule has 0 aliphatic heterocycles. The van der Waals surface area contributed by atoms with E-state index < -0.39 is 35.2 Å². The second kappa shape index (κ2) is 11.4. The summed E-state index contributed by atoms with van der Waals surface area (Å²) in [5.74, 6) is 0.321. The first-order valence-electron chi connectivity index (χ1n) is 11.5. The van der Waals surface area contributed by atoms with E-state index in [9.17, 15) is 27.6 Å². The maximum Gasteiger partial charge on any atom is 0.431 e. The number of nitrogens with zero attached hydrogens (tertiary/aromatic N) is 2. The lowest BCUT2D eigenvalue weighted by Crippen LogP contribution is -2.41. The Morgan fingerprint density at radius 3 is 2.27 bits per heavy atom. The van der Waals surface area contributed by atoms with E-state index >= 15 is 0 Å². The molecule has 0 aliphatic carbocycles. The van der Waals surface area contributed by atoms with E-state index in [0.717, 1.165) is 12.0 Å². The Morgan fingerprint density at radius 1 is 1.03 bits per heavy atom. The summed E-state index contributed by atoms with van der Waals surface area (Å²) >= 11 is 0. The molecule has 3 rings (SSSR count). The number of hydrogen-bond acceptors (Lipinski definition) is 6. The summed E-state index contributed by atoms with van der Waals surface area (Å²) in [6.07, 6.45) is -4.91. The van der Waals surface area contributed by atoms with Crippen LogP contribution in [0.1, 0.15) is 37.6 Å². The van der Waals surface area contributed by atoms with Crippen molar-refractivity contribution >= 4 is 5.97 Å². The predicted octanol–water partition coefficient (Wildman–Crippen LogP) is 4.12. The number of aromatic nitrogens is 2. The fourth-order valence-electron chi connectivity index (χ4n) is 3.66. The molecule has 0 amide bonds. The highest BCUT2D eigenvalue weighted by Crippen LogP contribution is 2.28. The molecule has 0 N–H and O–H groups in total. The van der Waals surface area contributed by atoms with Gasteiger partial charge in [-0.2, -0.15) is 13.2 Å². The Morgan fingerprint density at radius 2 is 1.70 bits per heavy atom. The highest BCUT2D eigenvalue weighted by Gasteiger charge is 2.35. The highest BCUT2D eigenvalue weighted by molar-refractivity contribution is 5.74. The molecule has 0 radical (unpaired) electrons. The first-order chi connectivity index (χ1) is 17.5. The van der Waals surface area contributed by atoms with Gasteiger partial charge in [0.2, 0.25) is 0 Å². The van der Waals surface area contributed by atoms with Gasteiger partial charge < -0.3 is 14.2 Å². The second-order valence-corrected chi connectivity index (χ2v) is 8.09. The Balaban J connectivity index is 1.85. The first kappa shape index (κ1) is 27.6. The normalized spacial score (nSPS) is 12.2. The second-order valence-electron chi connectivity index (χ2n) is 8.09. The zero-order valence-corrected chi connectivity index (χ0v) is 20.8. The van der Waals surface area contributed by atoms with Crippen LogP contribution in [0.3, 0.4) is 0 Å². The van der Waals surface area contributed by atoms with E-state index in [1.807, 2.05) is 25.1 Å². The Labute approximate surface area is 210 Å². The molecule has 0 fully saturated rings. The maximum absolute atomic E-state index is 13.2. The molecule has 0 spiro atoms. The molecule has 1 heterocycles. The summed E-state index contributed by atoms with van der Waals surface area (Å²) in [7, 11) is 1.27. The fourth-order valence-corrected chi connectivity index (χ4v) is 3.66. The molecule has 8 nitrogen and oxygen atoms in total. The summed E-state index contributed by atoms with van der Waals surface area (Å²) in [6.45, 7) is 4.76. The summed E-state index contributed by atoms with van der Waals surface area (Å²) in [6, 6.07) is 11.8. The van der Waals surface area contributed by atoms with E-state index in [0.29, 0.717) is 32.3 Å². The third kappa shape index (κ3) is 6.22. The number of carbonyl (C=O) groups is 1. The number of aryl methyl sites for hydroxylation is 1. The van der Waals surface area contributed by atoms with E-state index in [4.69, 9.17) is 14.2 Å². The number of ether oxygens (including phenoxy) is 3. The summed E-state index contributed by atoms with van der Waals surface area (Å²) in [5.41, 5.74) is -1.71. The molecule has 1 aromatic heterocycles. The molecule has 198 valence electrons. The average Bonchev–Trinajstić information content (AvgIpc) is 2.87. The summed E-state index contributed by atoms with van der Waals surface area (Å²) < 4.78 is 57.2. The van der Waals surface area contributed by atoms with Crippen molar-refractivity contribution in [2.45, 2.75) is 52.6 Å². The van der Waals surface area contributed by atoms with Gasteiger partial charge in [0.15, 0.2) is 6.10 Å². The van der Waals surface area contributed by atoms with Crippen LogP contribution in [0.25, 0.3) is 5.69 Å². The number of alkyl halides is 3. The Bertz CT molecular complexity index is 1380. The van der Waals surface area contributed by atoms with Crippen molar-refractivity contribution in [3.8, 4) is 17.2 Å². The minimum absolute atomic E-state index is 0.0788. The molecule has 0 saturated carbocycles. The first-order valence-corrected chi connectivity index (χ1v) is 11.5. The number of methoxy groups -OCH3 is 1. The SMILES string of the molecule is CCc1ccc(COc2ccc(-n3c(=O)cc(C(F)(F)F)n(CC)c3=O)cc2)c(O[C@@H](C)C(=O)OC)c1.